The first-order chi connectivity index (χ1) is 8.25. The number of nitrogens with zero attached hydrogens (tertiary/aromatic N) is 3. The second kappa shape index (κ2) is 3.94. The van der Waals surface area contributed by atoms with E-state index in [0.29, 0.717) is 22.2 Å². The molecule has 0 fully saturated rings. The minimum absolute atomic E-state index is 0.434. The number of pyridine rings is 1. The van der Waals surface area contributed by atoms with Crippen molar-refractivity contribution in [2.45, 2.75) is 0 Å². The molecule has 3 aromatic rings. The van der Waals surface area contributed by atoms with Crippen molar-refractivity contribution in [3.8, 4) is 11.4 Å². The largest absolute Gasteiger partial charge is 0.396 e. The van der Waals surface area contributed by atoms with E-state index < -0.39 is 0 Å². The van der Waals surface area contributed by atoms with Gasteiger partial charge in [0, 0.05) is 23.3 Å². The van der Waals surface area contributed by atoms with Crippen LogP contribution in [0.3, 0.4) is 0 Å². The molecule has 3 heterocycles. The molecular weight excluding hydrogens is 256 g/mol. The van der Waals surface area contributed by atoms with Crippen molar-refractivity contribution in [2.75, 3.05) is 5.73 Å². The minimum atomic E-state index is 0.434. The number of aromatic nitrogens is 3. The molecule has 17 heavy (non-hydrogen) atoms. The zero-order valence-corrected chi connectivity index (χ0v) is 10.2. The molecule has 2 N–H and O–H groups in total. The SMILES string of the molecule is Nc1csc2c(Cl)nc(-c3ccncc3)nc12. The predicted octanol–water partition coefficient (Wildman–Crippen LogP) is 2.99. The Labute approximate surface area is 106 Å². The highest BCUT2D eigenvalue weighted by molar-refractivity contribution is 7.18. The molecule has 0 aliphatic heterocycles. The monoisotopic (exact) mass is 262 g/mol. The van der Waals surface area contributed by atoms with Crippen LogP contribution in [0.2, 0.25) is 5.15 Å². The zero-order chi connectivity index (χ0) is 11.8. The van der Waals surface area contributed by atoms with Crippen LogP contribution in [0.4, 0.5) is 5.69 Å². The third-order valence-electron chi connectivity index (χ3n) is 2.34. The Hall–Kier alpha value is -1.72. The van der Waals surface area contributed by atoms with Crippen LogP contribution in [0.1, 0.15) is 0 Å². The maximum absolute atomic E-state index is 6.11. The first-order valence-electron chi connectivity index (χ1n) is 4.86. The summed E-state index contributed by atoms with van der Waals surface area (Å²) in [7, 11) is 0. The van der Waals surface area contributed by atoms with Gasteiger partial charge in [0.2, 0.25) is 0 Å². The fourth-order valence-electron chi connectivity index (χ4n) is 1.53. The van der Waals surface area contributed by atoms with Gasteiger partial charge in [0.15, 0.2) is 11.0 Å². The van der Waals surface area contributed by atoms with Gasteiger partial charge >= 0.3 is 0 Å². The molecule has 84 valence electrons. The lowest BCUT2D eigenvalue weighted by Gasteiger charge is -2.01. The van der Waals surface area contributed by atoms with E-state index in [4.69, 9.17) is 17.3 Å². The number of fused-ring (bicyclic) bond motifs is 1. The molecule has 3 rings (SSSR count). The third-order valence-corrected chi connectivity index (χ3v) is 3.72. The number of hydrogen-bond donors (Lipinski definition) is 1. The van der Waals surface area contributed by atoms with Crippen LogP contribution in [0, 0.1) is 0 Å². The molecule has 0 saturated heterocycles. The highest BCUT2D eigenvalue weighted by Crippen LogP contribution is 2.32. The van der Waals surface area contributed by atoms with E-state index in [1.54, 1.807) is 12.4 Å². The van der Waals surface area contributed by atoms with Crippen LogP contribution in [0.15, 0.2) is 29.9 Å². The summed E-state index contributed by atoms with van der Waals surface area (Å²) in [5, 5.41) is 2.25. The van der Waals surface area contributed by atoms with Gasteiger partial charge in [-0.1, -0.05) is 11.6 Å². The molecule has 0 aliphatic carbocycles. The number of nitrogen functional groups attached to an aromatic ring is 1. The maximum Gasteiger partial charge on any atom is 0.161 e. The van der Waals surface area contributed by atoms with E-state index >= 15 is 0 Å². The number of halogens is 1. The van der Waals surface area contributed by atoms with E-state index in [-0.39, 0.29) is 0 Å². The average Bonchev–Trinajstić information content (AvgIpc) is 2.73. The van der Waals surface area contributed by atoms with Crippen molar-refractivity contribution in [1.82, 2.24) is 15.0 Å². The number of hydrogen-bond acceptors (Lipinski definition) is 5. The Bertz CT molecular complexity index is 681. The molecule has 0 spiro atoms. The first-order valence-corrected chi connectivity index (χ1v) is 6.12. The molecule has 4 nitrogen and oxygen atoms in total. The molecule has 3 aromatic heterocycles. The van der Waals surface area contributed by atoms with Crippen molar-refractivity contribution in [1.29, 1.82) is 0 Å². The molecule has 6 heteroatoms. The average molecular weight is 263 g/mol. The summed E-state index contributed by atoms with van der Waals surface area (Å²) in [5.41, 5.74) is 8.05. The van der Waals surface area contributed by atoms with Gasteiger partial charge in [-0.2, -0.15) is 0 Å². The highest BCUT2D eigenvalue weighted by atomic mass is 35.5. The fourth-order valence-corrected chi connectivity index (χ4v) is 2.61. The standard InChI is InChI=1S/C11H7ClN4S/c12-10-9-8(7(13)5-17-9)15-11(16-10)6-1-3-14-4-2-6/h1-5H,13H2. The van der Waals surface area contributed by atoms with Crippen LogP contribution in [-0.4, -0.2) is 15.0 Å². The van der Waals surface area contributed by atoms with Crippen LogP contribution in [0.25, 0.3) is 21.6 Å². The molecule has 0 amide bonds. The summed E-state index contributed by atoms with van der Waals surface area (Å²) in [4.78, 5) is 12.6. The summed E-state index contributed by atoms with van der Waals surface area (Å²) in [6.07, 6.45) is 3.38. The summed E-state index contributed by atoms with van der Waals surface area (Å²) in [5.74, 6) is 0.565. The Kier molecular flexibility index (Phi) is 2.42. The number of anilines is 1. The molecule has 0 aromatic carbocycles. The molecular formula is C11H7ClN4S. The lowest BCUT2D eigenvalue weighted by molar-refractivity contribution is 1.22. The smallest absolute Gasteiger partial charge is 0.161 e. The normalized spacial score (nSPS) is 10.9. The van der Waals surface area contributed by atoms with Gasteiger partial charge < -0.3 is 5.73 Å². The summed E-state index contributed by atoms with van der Waals surface area (Å²) < 4.78 is 0.821. The zero-order valence-electron chi connectivity index (χ0n) is 8.59. The molecule has 0 aliphatic rings. The number of rotatable bonds is 1. The molecule has 0 radical (unpaired) electrons. The first kappa shape index (κ1) is 10.4. The quantitative estimate of drug-likeness (QED) is 0.685. The van der Waals surface area contributed by atoms with Crippen LogP contribution in [0.5, 0.6) is 0 Å². The van der Waals surface area contributed by atoms with E-state index in [0.717, 1.165) is 10.3 Å². The van der Waals surface area contributed by atoms with Crippen molar-refractivity contribution in [2.24, 2.45) is 0 Å². The third kappa shape index (κ3) is 1.73. The van der Waals surface area contributed by atoms with Crippen molar-refractivity contribution >= 4 is 38.8 Å². The summed E-state index contributed by atoms with van der Waals surface area (Å²) in [6, 6.07) is 3.67. The topological polar surface area (TPSA) is 64.7 Å². The van der Waals surface area contributed by atoms with Gasteiger partial charge in [-0.25, -0.2) is 9.97 Å². The molecule has 0 bridgehead atoms. The van der Waals surface area contributed by atoms with Gasteiger partial charge in [-0.05, 0) is 12.1 Å². The van der Waals surface area contributed by atoms with Gasteiger partial charge in [0.25, 0.3) is 0 Å². The molecule has 0 saturated carbocycles. The lowest BCUT2D eigenvalue weighted by Crippen LogP contribution is -1.92. The van der Waals surface area contributed by atoms with Crippen molar-refractivity contribution < 1.29 is 0 Å². The highest BCUT2D eigenvalue weighted by Gasteiger charge is 2.11. The van der Waals surface area contributed by atoms with Gasteiger partial charge in [-0.15, -0.1) is 11.3 Å². The second-order valence-corrected chi connectivity index (χ2v) is 4.68. The van der Waals surface area contributed by atoms with Crippen LogP contribution < -0.4 is 5.73 Å². The van der Waals surface area contributed by atoms with E-state index in [2.05, 4.69) is 15.0 Å². The summed E-state index contributed by atoms with van der Waals surface area (Å²) in [6.45, 7) is 0. The Balaban J connectivity index is 2.28. The van der Waals surface area contributed by atoms with Gasteiger partial charge in [0.1, 0.15) is 5.52 Å². The second-order valence-electron chi connectivity index (χ2n) is 3.44. The number of nitrogens with two attached hydrogens (primary N) is 1. The Morgan fingerprint density at radius 2 is 1.94 bits per heavy atom. The van der Waals surface area contributed by atoms with E-state index in [9.17, 15) is 0 Å². The van der Waals surface area contributed by atoms with Crippen molar-refractivity contribution in [3.63, 3.8) is 0 Å². The van der Waals surface area contributed by atoms with Crippen LogP contribution >= 0.6 is 22.9 Å². The van der Waals surface area contributed by atoms with E-state index in [1.807, 2.05) is 17.5 Å². The summed E-state index contributed by atoms with van der Waals surface area (Å²) >= 11 is 7.56. The lowest BCUT2D eigenvalue weighted by atomic mass is 10.2. The van der Waals surface area contributed by atoms with E-state index in [1.165, 1.54) is 11.3 Å². The van der Waals surface area contributed by atoms with Crippen LogP contribution in [-0.2, 0) is 0 Å². The molecule has 0 atom stereocenters. The Morgan fingerprint density at radius 3 is 2.71 bits per heavy atom. The predicted molar refractivity (Wildman–Crippen MR) is 70.1 cm³/mol. The van der Waals surface area contributed by atoms with Gasteiger partial charge in [0.05, 0.1) is 10.4 Å². The fraction of sp³-hybridized carbons (Fsp3) is 0. The minimum Gasteiger partial charge on any atom is -0.396 e. The van der Waals surface area contributed by atoms with Gasteiger partial charge in [-0.3, -0.25) is 4.98 Å². The number of thiophene rings is 1. The van der Waals surface area contributed by atoms with Crippen molar-refractivity contribution in [3.05, 3.63) is 35.1 Å². The maximum atomic E-state index is 6.11. The Morgan fingerprint density at radius 1 is 1.18 bits per heavy atom. The molecule has 0 unspecified atom stereocenters.